The predicted octanol–water partition coefficient (Wildman–Crippen LogP) is 1.88. The molecular weight excluding hydrogens is 202 g/mol. The maximum atomic E-state index is 11.8. The SMILES string of the molecule is CN(C)C=CC(=O)c1ccc2c(c1)CCO2. The van der Waals surface area contributed by atoms with Gasteiger partial charge in [0, 0.05) is 38.4 Å². The Morgan fingerprint density at radius 2 is 2.25 bits per heavy atom. The molecule has 3 heteroatoms. The quantitative estimate of drug-likeness (QED) is 0.572. The number of ketones is 1. The van der Waals surface area contributed by atoms with Crippen LogP contribution >= 0.6 is 0 Å². The molecule has 1 heterocycles. The van der Waals surface area contributed by atoms with Crippen molar-refractivity contribution in [3.63, 3.8) is 0 Å². The highest BCUT2D eigenvalue weighted by molar-refractivity contribution is 6.04. The lowest BCUT2D eigenvalue weighted by Gasteiger charge is -2.03. The van der Waals surface area contributed by atoms with Crippen molar-refractivity contribution in [3.05, 3.63) is 41.6 Å². The third-order valence-corrected chi connectivity index (χ3v) is 2.50. The highest BCUT2D eigenvalue weighted by Crippen LogP contribution is 2.26. The van der Waals surface area contributed by atoms with Crippen molar-refractivity contribution in [2.45, 2.75) is 6.42 Å². The molecule has 0 bridgehead atoms. The van der Waals surface area contributed by atoms with Crippen LogP contribution < -0.4 is 4.74 Å². The summed E-state index contributed by atoms with van der Waals surface area (Å²) < 4.78 is 5.39. The summed E-state index contributed by atoms with van der Waals surface area (Å²) >= 11 is 0. The first kappa shape index (κ1) is 10.7. The number of rotatable bonds is 3. The van der Waals surface area contributed by atoms with E-state index in [2.05, 4.69) is 0 Å². The fourth-order valence-corrected chi connectivity index (χ4v) is 1.65. The lowest BCUT2D eigenvalue weighted by Crippen LogP contribution is -2.03. The number of fused-ring (bicyclic) bond motifs is 1. The first-order valence-electron chi connectivity index (χ1n) is 5.31. The molecule has 16 heavy (non-hydrogen) atoms. The van der Waals surface area contributed by atoms with Crippen molar-refractivity contribution in [2.75, 3.05) is 20.7 Å². The van der Waals surface area contributed by atoms with Crippen LogP contribution in [0.3, 0.4) is 0 Å². The van der Waals surface area contributed by atoms with Gasteiger partial charge in [-0.2, -0.15) is 0 Å². The summed E-state index contributed by atoms with van der Waals surface area (Å²) in [4.78, 5) is 13.6. The Morgan fingerprint density at radius 3 is 3.00 bits per heavy atom. The summed E-state index contributed by atoms with van der Waals surface area (Å²) in [5.74, 6) is 0.941. The Hall–Kier alpha value is -1.77. The molecule has 0 aliphatic carbocycles. The van der Waals surface area contributed by atoms with E-state index in [1.54, 1.807) is 12.3 Å². The van der Waals surface area contributed by atoms with Gasteiger partial charge in [0.05, 0.1) is 6.61 Å². The number of carbonyl (C=O) groups excluding carboxylic acids is 1. The first-order chi connectivity index (χ1) is 7.66. The molecule has 1 aliphatic heterocycles. The molecule has 0 saturated heterocycles. The largest absolute Gasteiger partial charge is 0.493 e. The highest BCUT2D eigenvalue weighted by atomic mass is 16.5. The van der Waals surface area contributed by atoms with Gasteiger partial charge in [-0.15, -0.1) is 0 Å². The molecule has 0 N–H and O–H groups in total. The lowest BCUT2D eigenvalue weighted by atomic mass is 10.1. The topological polar surface area (TPSA) is 29.5 Å². The van der Waals surface area contributed by atoms with Crippen molar-refractivity contribution in [3.8, 4) is 5.75 Å². The molecule has 0 saturated carbocycles. The van der Waals surface area contributed by atoms with Crippen molar-refractivity contribution < 1.29 is 9.53 Å². The van der Waals surface area contributed by atoms with E-state index in [0.29, 0.717) is 0 Å². The maximum Gasteiger partial charge on any atom is 0.187 e. The zero-order valence-electron chi connectivity index (χ0n) is 9.56. The lowest BCUT2D eigenvalue weighted by molar-refractivity contribution is 0.104. The Morgan fingerprint density at radius 1 is 1.44 bits per heavy atom. The molecule has 1 aliphatic rings. The number of allylic oxidation sites excluding steroid dienone is 1. The van der Waals surface area contributed by atoms with Gasteiger partial charge in [-0.1, -0.05) is 0 Å². The summed E-state index contributed by atoms with van der Waals surface area (Å²) in [6.45, 7) is 0.723. The van der Waals surface area contributed by atoms with Gasteiger partial charge in [-0.25, -0.2) is 0 Å². The Kier molecular flexibility index (Phi) is 2.95. The van der Waals surface area contributed by atoms with Crippen molar-refractivity contribution in [1.82, 2.24) is 4.90 Å². The monoisotopic (exact) mass is 217 g/mol. The van der Waals surface area contributed by atoms with E-state index in [4.69, 9.17) is 4.74 Å². The van der Waals surface area contributed by atoms with Crippen LogP contribution in [0.2, 0.25) is 0 Å². The summed E-state index contributed by atoms with van der Waals surface area (Å²) in [7, 11) is 3.78. The Labute approximate surface area is 95.3 Å². The zero-order chi connectivity index (χ0) is 11.5. The molecule has 0 unspecified atom stereocenters. The van der Waals surface area contributed by atoms with E-state index in [-0.39, 0.29) is 5.78 Å². The van der Waals surface area contributed by atoms with E-state index in [9.17, 15) is 4.79 Å². The fraction of sp³-hybridized carbons (Fsp3) is 0.308. The van der Waals surface area contributed by atoms with Crippen LogP contribution in [0, 0.1) is 0 Å². The van der Waals surface area contributed by atoms with Gasteiger partial charge in [0.1, 0.15) is 5.75 Å². The van der Waals surface area contributed by atoms with Gasteiger partial charge < -0.3 is 9.64 Å². The van der Waals surface area contributed by atoms with E-state index in [1.165, 1.54) is 0 Å². The molecule has 2 rings (SSSR count). The van der Waals surface area contributed by atoms with Gasteiger partial charge >= 0.3 is 0 Å². The molecule has 0 spiro atoms. The van der Waals surface area contributed by atoms with Gasteiger partial charge in [0.2, 0.25) is 0 Å². The van der Waals surface area contributed by atoms with Gasteiger partial charge in [-0.3, -0.25) is 4.79 Å². The molecule has 84 valence electrons. The average Bonchev–Trinajstić information content (AvgIpc) is 2.72. The number of nitrogens with zero attached hydrogens (tertiary/aromatic N) is 1. The Bertz CT molecular complexity index is 436. The summed E-state index contributed by atoms with van der Waals surface area (Å²) in [6, 6.07) is 5.61. The minimum Gasteiger partial charge on any atom is -0.493 e. The van der Waals surface area contributed by atoms with Crippen LogP contribution in [-0.2, 0) is 6.42 Å². The molecule has 1 aromatic rings. The summed E-state index contributed by atoms with van der Waals surface area (Å²) in [5.41, 5.74) is 1.85. The third-order valence-electron chi connectivity index (χ3n) is 2.50. The number of carbonyl (C=O) groups is 1. The van der Waals surface area contributed by atoms with E-state index >= 15 is 0 Å². The normalized spacial score (nSPS) is 13.6. The van der Waals surface area contributed by atoms with Crippen LogP contribution in [0.25, 0.3) is 0 Å². The van der Waals surface area contributed by atoms with E-state index in [0.717, 1.165) is 29.9 Å². The zero-order valence-corrected chi connectivity index (χ0v) is 9.56. The molecule has 0 radical (unpaired) electrons. The summed E-state index contributed by atoms with van der Waals surface area (Å²) in [6.07, 6.45) is 4.23. The third kappa shape index (κ3) is 2.24. The first-order valence-corrected chi connectivity index (χ1v) is 5.31. The second kappa shape index (κ2) is 4.39. The van der Waals surface area contributed by atoms with E-state index in [1.807, 2.05) is 37.2 Å². The minimum atomic E-state index is 0.0309. The van der Waals surface area contributed by atoms with Gasteiger partial charge in [-0.05, 0) is 23.8 Å². The maximum absolute atomic E-state index is 11.8. The Balaban J connectivity index is 2.18. The number of ether oxygens (including phenoxy) is 1. The second-order valence-electron chi connectivity index (χ2n) is 4.06. The summed E-state index contributed by atoms with van der Waals surface area (Å²) in [5, 5.41) is 0. The van der Waals surface area contributed by atoms with Crippen LogP contribution in [-0.4, -0.2) is 31.4 Å². The number of hydrogen-bond acceptors (Lipinski definition) is 3. The van der Waals surface area contributed by atoms with Crippen LogP contribution in [0.1, 0.15) is 15.9 Å². The molecule has 3 nitrogen and oxygen atoms in total. The average molecular weight is 217 g/mol. The fourth-order valence-electron chi connectivity index (χ4n) is 1.65. The number of hydrogen-bond donors (Lipinski definition) is 0. The molecule has 0 fully saturated rings. The molecule has 0 amide bonds. The molecule has 0 aromatic heterocycles. The molecule has 1 aromatic carbocycles. The standard InChI is InChI=1S/C13H15NO2/c1-14(2)7-5-12(15)10-3-4-13-11(9-10)6-8-16-13/h3-5,7,9H,6,8H2,1-2H3. The molecular formula is C13H15NO2. The van der Waals surface area contributed by atoms with Crippen molar-refractivity contribution >= 4 is 5.78 Å². The highest BCUT2D eigenvalue weighted by Gasteiger charge is 2.13. The van der Waals surface area contributed by atoms with Crippen molar-refractivity contribution in [2.24, 2.45) is 0 Å². The smallest absolute Gasteiger partial charge is 0.187 e. The van der Waals surface area contributed by atoms with Crippen LogP contribution in [0.4, 0.5) is 0 Å². The van der Waals surface area contributed by atoms with E-state index < -0.39 is 0 Å². The predicted molar refractivity (Wildman–Crippen MR) is 62.8 cm³/mol. The van der Waals surface area contributed by atoms with Crippen LogP contribution in [0.15, 0.2) is 30.5 Å². The van der Waals surface area contributed by atoms with Crippen LogP contribution in [0.5, 0.6) is 5.75 Å². The second-order valence-corrected chi connectivity index (χ2v) is 4.06. The van der Waals surface area contributed by atoms with Crippen molar-refractivity contribution in [1.29, 1.82) is 0 Å². The minimum absolute atomic E-state index is 0.0309. The van der Waals surface area contributed by atoms with Gasteiger partial charge in [0.15, 0.2) is 5.78 Å². The van der Waals surface area contributed by atoms with Gasteiger partial charge in [0.25, 0.3) is 0 Å². The molecule has 0 atom stereocenters. The number of benzene rings is 1.